The van der Waals surface area contributed by atoms with Crippen LogP contribution in [0.25, 0.3) is 0 Å². The Balaban J connectivity index is 2.10. The summed E-state index contributed by atoms with van der Waals surface area (Å²) >= 11 is 0. The van der Waals surface area contributed by atoms with Gasteiger partial charge in [0.05, 0.1) is 18.4 Å². The Bertz CT molecular complexity index is 473. The molecule has 2 rings (SSSR count). The molecule has 16 heavy (non-hydrogen) atoms. The molecule has 0 fully saturated rings. The van der Waals surface area contributed by atoms with E-state index >= 15 is 0 Å². The number of aryl methyl sites for hydroxylation is 1. The van der Waals surface area contributed by atoms with Gasteiger partial charge in [0, 0.05) is 0 Å². The molecule has 0 aliphatic heterocycles. The van der Waals surface area contributed by atoms with E-state index in [2.05, 4.69) is 15.3 Å². The summed E-state index contributed by atoms with van der Waals surface area (Å²) in [5.74, 6) is -0.432. The highest BCUT2D eigenvalue weighted by atomic mass is 19.1. The molecule has 0 saturated heterocycles. The summed E-state index contributed by atoms with van der Waals surface area (Å²) in [6.07, 6.45) is 1.63. The molecule has 3 nitrogen and oxygen atoms in total. The molecule has 0 unspecified atom stereocenters. The number of anilines is 1. The van der Waals surface area contributed by atoms with Crippen LogP contribution in [-0.2, 0) is 6.54 Å². The molecule has 5 heteroatoms. The van der Waals surface area contributed by atoms with Crippen LogP contribution < -0.4 is 5.32 Å². The van der Waals surface area contributed by atoms with Crippen molar-refractivity contribution in [2.45, 2.75) is 13.5 Å². The molecule has 1 aromatic heterocycles. The van der Waals surface area contributed by atoms with Crippen LogP contribution in [0, 0.1) is 18.6 Å². The fourth-order valence-electron chi connectivity index (χ4n) is 1.41. The number of halogens is 2. The highest BCUT2D eigenvalue weighted by Crippen LogP contribution is 2.18. The van der Waals surface area contributed by atoms with Crippen molar-refractivity contribution in [1.29, 1.82) is 0 Å². The van der Waals surface area contributed by atoms with E-state index in [0.29, 0.717) is 6.54 Å². The maximum atomic E-state index is 13.2. The lowest BCUT2D eigenvalue weighted by molar-refractivity contribution is 0.588. The Morgan fingerprint density at radius 1 is 1.31 bits per heavy atom. The summed E-state index contributed by atoms with van der Waals surface area (Å²) in [5.41, 5.74) is 0.662. The third kappa shape index (κ3) is 2.18. The highest BCUT2D eigenvalue weighted by molar-refractivity contribution is 5.46. The Hall–Kier alpha value is -1.91. The zero-order valence-corrected chi connectivity index (χ0v) is 8.72. The van der Waals surface area contributed by atoms with Gasteiger partial charge in [-0.2, -0.15) is 0 Å². The number of hydrogen-bond acceptors (Lipinski definition) is 2. The number of benzene rings is 1. The van der Waals surface area contributed by atoms with E-state index in [1.807, 2.05) is 6.92 Å². The van der Waals surface area contributed by atoms with Crippen molar-refractivity contribution < 1.29 is 8.78 Å². The van der Waals surface area contributed by atoms with Crippen LogP contribution in [0.3, 0.4) is 0 Å². The minimum absolute atomic E-state index is 0.116. The third-order valence-corrected chi connectivity index (χ3v) is 2.17. The lowest BCUT2D eigenvalue weighted by Gasteiger charge is -2.06. The molecule has 0 atom stereocenters. The van der Waals surface area contributed by atoms with E-state index in [-0.39, 0.29) is 5.69 Å². The predicted octanol–water partition coefficient (Wildman–Crippen LogP) is 2.61. The SMILES string of the molecule is Cc1ncc(CNc2c(F)cccc2F)[nH]1. The first-order valence-electron chi connectivity index (χ1n) is 4.85. The summed E-state index contributed by atoms with van der Waals surface area (Å²) in [6.45, 7) is 2.12. The number of aromatic nitrogens is 2. The van der Waals surface area contributed by atoms with Crippen LogP contribution in [0.5, 0.6) is 0 Å². The van der Waals surface area contributed by atoms with Crippen molar-refractivity contribution in [1.82, 2.24) is 9.97 Å². The molecule has 0 aliphatic rings. The quantitative estimate of drug-likeness (QED) is 0.839. The number of nitrogens with zero attached hydrogens (tertiary/aromatic N) is 1. The standard InChI is InChI=1S/C11H11F2N3/c1-7-14-5-8(16-7)6-15-11-9(12)3-2-4-10(11)13/h2-5,15H,6H2,1H3,(H,14,16). The van der Waals surface area contributed by atoms with E-state index < -0.39 is 11.6 Å². The topological polar surface area (TPSA) is 40.7 Å². The monoisotopic (exact) mass is 223 g/mol. The smallest absolute Gasteiger partial charge is 0.149 e. The summed E-state index contributed by atoms with van der Waals surface area (Å²) in [4.78, 5) is 6.96. The number of nitrogens with one attached hydrogen (secondary N) is 2. The number of rotatable bonds is 3. The molecule has 84 valence electrons. The second-order valence-corrected chi connectivity index (χ2v) is 3.44. The minimum Gasteiger partial charge on any atom is -0.375 e. The lowest BCUT2D eigenvalue weighted by Crippen LogP contribution is -2.04. The highest BCUT2D eigenvalue weighted by Gasteiger charge is 2.07. The van der Waals surface area contributed by atoms with E-state index in [1.165, 1.54) is 18.2 Å². The molecule has 2 N–H and O–H groups in total. The zero-order valence-electron chi connectivity index (χ0n) is 8.72. The summed E-state index contributed by atoms with van der Waals surface area (Å²) in [5, 5.41) is 2.69. The lowest BCUT2D eigenvalue weighted by atomic mass is 10.3. The van der Waals surface area contributed by atoms with E-state index in [4.69, 9.17) is 0 Å². The van der Waals surface area contributed by atoms with Gasteiger partial charge in [0.15, 0.2) is 0 Å². The Kier molecular flexibility index (Phi) is 2.85. The van der Waals surface area contributed by atoms with Gasteiger partial charge in [-0.05, 0) is 19.1 Å². The normalized spacial score (nSPS) is 10.4. The maximum absolute atomic E-state index is 13.2. The second-order valence-electron chi connectivity index (χ2n) is 3.44. The van der Waals surface area contributed by atoms with Crippen LogP contribution in [0.4, 0.5) is 14.5 Å². The first kappa shape index (κ1) is 10.6. The number of para-hydroxylation sites is 1. The van der Waals surface area contributed by atoms with Crippen molar-refractivity contribution in [3.8, 4) is 0 Å². The summed E-state index contributed by atoms with van der Waals surface area (Å²) in [6, 6.07) is 3.75. The van der Waals surface area contributed by atoms with Crippen LogP contribution in [0.15, 0.2) is 24.4 Å². The molecule has 0 amide bonds. The Morgan fingerprint density at radius 2 is 2.00 bits per heavy atom. The van der Waals surface area contributed by atoms with Gasteiger partial charge in [0.1, 0.15) is 23.1 Å². The Labute approximate surface area is 91.5 Å². The van der Waals surface area contributed by atoms with Crippen molar-refractivity contribution in [3.63, 3.8) is 0 Å². The predicted molar refractivity (Wildman–Crippen MR) is 57.0 cm³/mol. The fraction of sp³-hybridized carbons (Fsp3) is 0.182. The van der Waals surface area contributed by atoms with Gasteiger partial charge in [0.2, 0.25) is 0 Å². The average molecular weight is 223 g/mol. The first-order valence-corrected chi connectivity index (χ1v) is 4.85. The molecule has 0 bridgehead atoms. The second kappa shape index (κ2) is 4.30. The van der Waals surface area contributed by atoms with Crippen LogP contribution >= 0.6 is 0 Å². The fourth-order valence-corrected chi connectivity index (χ4v) is 1.41. The number of aromatic amines is 1. The van der Waals surface area contributed by atoms with E-state index in [9.17, 15) is 8.78 Å². The van der Waals surface area contributed by atoms with Gasteiger partial charge in [-0.3, -0.25) is 0 Å². The molecular weight excluding hydrogens is 212 g/mol. The van der Waals surface area contributed by atoms with Crippen molar-refractivity contribution in [2.75, 3.05) is 5.32 Å². The molecule has 0 aliphatic carbocycles. The van der Waals surface area contributed by atoms with Crippen LogP contribution in [-0.4, -0.2) is 9.97 Å². The van der Waals surface area contributed by atoms with Crippen molar-refractivity contribution in [2.24, 2.45) is 0 Å². The van der Waals surface area contributed by atoms with Crippen molar-refractivity contribution in [3.05, 3.63) is 47.5 Å². The summed E-state index contributed by atoms with van der Waals surface area (Å²) in [7, 11) is 0. The average Bonchev–Trinajstić information content (AvgIpc) is 2.63. The van der Waals surface area contributed by atoms with Gasteiger partial charge in [-0.25, -0.2) is 13.8 Å². The van der Waals surface area contributed by atoms with Gasteiger partial charge in [-0.1, -0.05) is 6.07 Å². The number of hydrogen-bond donors (Lipinski definition) is 2. The molecule has 1 aromatic carbocycles. The first-order chi connectivity index (χ1) is 7.66. The molecule has 2 aromatic rings. The molecule has 0 spiro atoms. The Morgan fingerprint density at radius 3 is 2.56 bits per heavy atom. The number of imidazole rings is 1. The van der Waals surface area contributed by atoms with Gasteiger partial charge >= 0.3 is 0 Å². The van der Waals surface area contributed by atoms with Crippen molar-refractivity contribution >= 4 is 5.69 Å². The zero-order chi connectivity index (χ0) is 11.5. The third-order valence-electron chi connectivity index (χ3n) is 2.17. The summed E-state index contributed by atoms with van der Waals surface area (Å²) < 4.78 is 26.5. The van der Waals surface area contributed by atoms with E-state index in [1.54, 1.807) is 6.20 Å². The molecule has 0 saturated carbocycles. The largest absolute Gasteiger partial charge is 0.375 e. The van der Waals surface area contributed by atoms with E-state index in [0.717, 1.165) is 11.5 Å². The molecule has 1 heterocycles. The minimum atomic E-state index is -0.601. The maximum Gasteiger partial charge on any atom is 0.149 e. The van der Waals surface area contributed by atoms with Crippen LogP contribution in [0.2, 0.25) is 0 Å². The molecule has 0 radical (unpaired) electrons. The van der Waals surface area contributed by atoms with Gasteiger partial charge < -0.3 is 10.3 Å². The van der Waals surface area contributed by atoms with Gasteiger partial charge in [0.25, 0.3) is 0 Å². The van der Waals surface area contributed by atoms with Crippen LogP contribution in [0.1, 0.15) is 11.5 Å². The number of H-pyrrole nitrogens is 1. The van der Waals surface area contributed by atoms with Gasteiger partial charge in [-0.15, -0.1) is 0 Å². The molecular formula is C11H11F2N3.